The molecule has 0 aromatic heterocycles. The maximum atomic E-state index is 5.48. The van der Waals surface area contributed by atoms with Crippen molar-refractivity contribution in [2.45, 2.75) is 6.10 Å². The molecule has 15 nitrogen and oxygen atoms in total. The van der Waals surface area contributed by atoms with Gasteiger partial charge in [0.2, 0.25) is 0 Å². The second kappa shape index (κ2) is 41.4. The van der Waals surface area contributed by atoms with Crippen molar-refractivity contribution in [2.24, 2.45) is 0 Å². The highest BCUT2D eigenvalue weighted by molar-refractivity contribution is 4.53. The minimum Gasteiger partial charge on any atom is -0.382 e. The Morgan fingerprint density at radius 3 is 0.667 bits per heavy atom. The lowest BCUT2D eigenvalue weighted by Crippen LogP contribution is -2.24. The molecule has 0 saturated carbocycles. The summed E-state index contributed by atoms with van der Waals surface area (Å²) in [6, 6.07) is 0. The molecule has 0 fully saturated rings. The highest BCUT2D eigenvalue weighted by Crippen LogP contribution is 1.93. The SMILES string of the molecule is COCCOCCOCCOCCOCCOCCOCCOCCOCCOCCOCCOCCOCC(COC)OC. The van der Waals surface area contributed by atoms with E-state index in [2.05, 4.69) is 0 Å². The molecular formula is C30H62O15. The van der Waals surface area contributed by atoms with Crippen molar-refractivity contribution in [3.05, 3.63) is 0 Å². The fourth-order valence-corrected chi connectivity index (χ4v) is 3.15. The average molecular weight is 663 g/mol. The molecule has 0 aliphatic carbocycles. The van der Waals surface area contributed by atoms with Crippen LogP contribution in [0.1, 0.15) is 0 Å². The van der Waals surface area contributed by atoms with Crippen molar-refractivity contribution in [3.8, 4) is 0 Å². The molecule has 1 atom stereocenters. The second-order valence-corrected chi connectivity index (χ2v) is 9.12. The molecule has 0 saturated heterocycles. The van der Waals surface area contributed by atoms with Crippen LogP contribution in [0, 0.1) is 0 Å². The van der Waals surface area contributed by atoms with Gasteiger partial charge < -0.3 is 71.1 Å². The van der Waals surface area contributed by atoms with Gasteiger partial charge in [0, 0.05) is 21.3 Å². The first-order valence-corrected chi connectivity index (χ1v) is 15.8. The largest absolute Gasteiger partial charge is 0.382 e. The molecular weight excluding hydrogens is 600 g/mol. The van der Waals surface area contributed by atoms with E-state index in [0.29, 0.717) is 172 Å². The third kappa shape index (κ3) is 39.5. The van der Waals surface area contributed by atoms with E-state index < -0.39 is 0 Å². The minimum atomic E-state index is -0.0593. The number of rotatable bonds is 41. The van der Waals surface area contributed by atoms with Crippen LogP contribution in [0.2, 0.25) is 0 Å². The van der Waals surface area contributed by atoms with Gasteiger partial charge in [-0.3, -0.25) is 0 Å². The molecule has 0 rings (SSSR count). The lowest BCUT2D eigenvalue weighted by molar-refractivity contribution is -0.0476. The number of hydrogen-bond acceptors (Lipinski definition) is 15. The molecule has 0 aromatic rings. The molecule has 0 aromatic carbocycles. The van der Waals surface area contributed by atoms with Crippen molar-refractivity contribution in [1.82, 2.24) is 0 Å². The van der Waals surface area contributed by atoms with Gasteiger partial charge in [0.05, 0.1) is 172 Å². The van der Waals surface area contributed by atoms with E-state index in [9.17, 15) is 0 Å². The van der Waals surface area contributed by atoms with E-state index >= 15 is 0 Å². The maximum absolute atomic E-state index is 5.48. The minimum absolute atomic E-state index is 0.0593. The van der Waals surface area contributed by atoms with Gasteiger partial charge in [-0.05, 0) is 0 Å². The summed E-state index contributed by atoms with van der Waals surface area (Å²) in [7, 11) is 4.91. The van der Waals surface area contributed by atoms with Gasteiger partial charge in [0.1, 0.15) is 6.10 Å². The normalized spacial score (nSPS) is 12.3. The van der Waals surface area contributed by atoms with Crippen LogP contribution in [0.5, 0.6) is 0 Å². The first-order chi connectivity index (χ1) is 22.3. The van der Waals surface area contributed by atoms with E-state index in [1.165, 1.54) is 0 Å². The summed E-state index contributed by atoms with van der Waals surface area (Å²) in [5.74, 6) is 0. The Balaban J connectivity index is 3.07. The molecule has 45 heavy (non-hydrogen) atoms. The molecule has 272 valence electrons. The summed E-state index contributed by atoms with van der Waals surface area (Å²) in [5, 5.41) is 0. The smallest absolute Gasteiger partial charge is 0.104 e. The lowest BCUT2D eigenvalue weighted by Gasteiger charge is -2.14. The van der Waals surface area contributed by atoms with Crippen LogP contribution in [0.15, 0.2) is 0 Å². The van der Waals surface area contributed by atoms with Gasteiger partial charge in [-0.25, -0.2) is 0 Å². The Labute approximate surface area is 270 Å². The Morgan fingerprint density at radius 1 is 0.244 bits per heavy atom. The van der Waals surface area contributed by atoms with E-state index in [-0.39, 0.29) is 6.10 Å². The van der Waals surface area contributed by atoms with Gasteiger partial charge in [0.25, 0.3) is 0 Å². The molecule has 0 aliphatic heterocycles. The van der Waals surface area contributed by atoms with Crippen molar-refractivity contribution in [2.75, 3.05) is 193 Å². The summed E-state index contributed by atoms with van der Waals surface area (Å²) in [4.78, 5) is 0. The van der Waals surface area contributed by atoms with Crippen LogP contribution >= 0.6 is 0 Å². The van der Waals surface area contributed by atoms with Crippen molar-refractivity contribution in [1.29, 1.82) is 0 Å². The zero-order chi connectivity index (χ0) is 32.6. The summed E-state index contributed by atoms with van der Waals surface area (Å²) in [5.41, 5.74) is 0. The van der Waals surface area contributed by atoms with Crippen molar-refractivity contribution < 1.29 is 71.1 Å². The standard InChI is InChI=1S/C30H62O15/c1-31-4-5-34-6-7-35-8-9-36-10-11-37-12-13-38-14-15-39-16-17-40-18-19-41-20-21-42-22-23-43-24-25-44-26-27-45-29-30(33-3)28-32-2/h30H,4-29H2,1-3H3. The van der Waals surface area contributed by atoms with Crippen LogP contribution in [-0.2, 0) is 71.1 Å². The second-order valence-electron chi connectivity index (χ2n) is 9.12. The molecule has 0 spiro atoms. The Bertz CT molecular complexity index is 522. The van der Waals surface area contributed by atoms with Crippen LogP contribution < -0.4 is 0 Å². The molecule has 0 bridgehead atoms. The first-order valence-electron chi connectivity index (χ1n) is 15.8. The quantitative estimate of drug-likeness (QED) is 0.0839. The lowest BCUT2D eigenvalue weighted by atomic mass is 10.4. The van der Waals surface area contributed by atoms with Gasteiger partial charge in [-0.15, -0.1) is 0 Å². The van der Waals surface area contributed by atoms with E-state index in [0.717, 1.165) is 0 Å². The van der Waals surface area contributed by atoms with Crippen molar-refractivity contribution >= 4 is 0 Å². The fraction of sp³-hybridized carbons (Fsp3) is 1.00. The Morgan fingerprint density at radius 2 is 0.467 bits per heavy atom. The molecule has 0 heterocycles. The van der Waals surface area contributed by atoms with Gasteiger partial charge in [-0.2, -0.15) is 0 Å². The molecule has 0 N–H and O–H groups in total. The van der Waals surface area contributed by atoms with Crippen LogP contribution in [0.4, 0.5) is 0 Å². The molecule has 0 amide bonds. The Hall–Kier alpha value is -0.600. The maximum Gasteiger partial charge on any atom is 0.104 e. The Kier molecular flexibility index (Phi) is 40.9. The average Bonchev–Trinajstić information content (AvgIpc) is 3.05. The third-order valence-electron chi connectivity index (χ3n) is 5.51. The fourth-order valence-electron chi connectivity index (χ4n) is 3.15. The highest BCUT2D eigenvalue weighted by Gasteiger charge is 2.06. The van der Waals surface area contributed by atoms with Crippen LogP contribution in [0.25, 0.3) is 0 Å². The van der Waals surface area contributed by atoms with Gasteiger partial charge in [0.15, 0.2) is 0 Å². The van der Waals surface area contributed by atoms with Crippen LogP contribution in [-0.4, -0.2) is 199 Å². The zero-order valence-corrected chi connectivity index (χ0v) is 28.1. The number of hydrogen-bond donors (Lipinski definition) is 0. The molecule has 1 unspecified atom stereocenters. The zero-order valence-electron chi connectivity index (χ0n) is 28.1. The third-order valence-corrected chi connectivity index (χ3v) is 5.51. The summed E-state index contributed by atoms with van der Waals surface area (Å²) < 4.78 is 80.5. The molecule has 15 heteroatoms. The van der Waals surface area contributed by atoms with E-state index in [1.54, 1.807) is 21.3 Å². The van der Waals surface area contributed by atoms with Gasteiger partial charge in [-0.1, -0.05) is 0 Å². The summed E-state index contributed by atoms with van der Waals surface area (Å²) in [6.45, 7) is 13.5. The predicted molar refractivity (Wildman–Crippen MR) is 164 cm³/mol. The monoisotopic (exact) mass is 662 g/mol. The predicted octanol–water partition coefficient (Wildman–Crippen LogP) is 0.493. The molecule has 0 aliphatic rings. The van der Waals surface area contributed by atoms with Crippen molar-refractivity contribution in [3.63, 3.8) is 0 Å². The van der Waals surface area contributed by atoms with Gasteiger partial charge >= 0.3 is 0 Å². The number of ether oxygens (including phenoxy) is 15. The highest BCUT2D eigenvalue weighted by atomic mass is 16.6. The van der Waals surface area contributed by atoms with Crippen LogP contribution in [0.3, 0.4) is 0 Å². The molecule has 0 radical (unpaired) electrons. The summed E-state index contributed by atoms with van der Waals surface area (Å²) in [6.07, 6.45) is -0.0593. The summed E-state index contributed by atoms with van der Waals surface area (Å²) >= 11 is 0. The number of methoxy groups -OCH3 is 3. The first kappa shape index (κ1) is 44.4. The topological polar surface area (TPSA) is 138 Å². The van der Waals surface area contributed by atoms with E-state index in [4.69, 9.17) is 71.1 Å². The van der Waals surface area contributed by atoms with E-state index in [1.807, 2.05) is 0 Å².